The Bertz CT molecular complexity index is 1510. The number of carbonyl (C=O) groups is 1. The molecule has 0 aliphatic carbocycles. The summed E-state index contributed by atoms with van der Waals surface area (Å²) in [7, 11) is 0. The Kier molecular flexibility index (Phi) is 14.0. The van der Waals surface area contributed by atoms with E-state index in [2.05, 4.69) is 66.2 Å². The van der Waals surface area contributed by atoms with Crippen LogP contribution in [0.15, 0.2) is 48.5 Å². The third-order valence-corrected chi connectivity index (χ3v) is 8.12. The van der Waals surface area contributed by atoms with E-state index in [1.54, 1.807) is 0 Å². The fourth-order valence-electron chi connectivity index (χ4n) is 5.33. The van der Waals surface area contributed by atoms with Crippen LogP contribution >= 0.6 is 11.6 Å². The minimum atomic E-state index is -0.749. The second-order valence-corrected chi connectivity index (χ2v) is 11.6. The van der Waals surface area contributed by atoms with Crippen LogP contribution in [0, 0.1) is 10.1 Å². The van der Waals surface area contributed by atoms with Gasteiger partial charge in [0.15, 0.2) is 5.15 Å². The number of ether oxygens (including phenoxy) is 1. The molecule has 0 fully saturated rings. The van der Waals surface area contributed by atoms with Gasteiger partial charge in [0, 0.05) is 24.9 Å². The number of benzene rings is 2. The van der Waals surface area contributed by atoms with E-state index in [9.17, 15) is 14.9 Å². The first kappa shape index (κ1) is 34.6. The smallest absolute Gasteiger partial charge is 0.306 e. The number of aryl methyl sites for hydroxylation is 1. The third-order valence-electron chi connectivity index (χ3n) is 7.82. The van der Waals surface area contributed by atoms with Gasteiger partial charge in [-0.05, 0) is 41.2 Å². The number of halogens is 1. The number of rotatable bonds is 21. The number of esters is 1. The number of aromatic nitrogens is 6. The Morgan fingerprint density at radius 2 is 1.65 bits per heavy atom. The van der Waals surface area contributed by atoms with E-state index >= 15 is 0 Å². The van der Waals surface area contributed by atoms with E-state index in [1.807, 2.05) is 24.3 Å². The first-order valence-electron chi connectivity index (χ1n) is 16.0. The fraction of sp³-hybridized carbons (Fsp3) is 0.485. The van der Waals surface area contributed by atoms with E-state index < -0.39 is 5.09 Å². The van der Waals surface area contributed by atoms with Crippen LogP contribution in [0.5, 0.6) is 0 Å². The van der Waals surface area contributed by atoms with Crippen LogP contribution < -0.4 is 0 Å². The average molecular weight is 652 g/mol. The van der Waals surface area contributed by atoms with Crippen LogP contribution in [0.1, 0.15) is 94.6 Å². The maximum absolute atomic E-state index is 12.6. The van der Waals surface area contributed by atoms with Crippen molar-refractivity contribution in [3.63, 3.8) is 0 Å². The maximum atomic E-state index is 12.6. The molecule has 0 saturated heterocycles. The predicted octanol–water partition coefficient (Wildman–Crippen LogP) is 7.54. The quantitative estimate of drug-likeness (QED) is 0.0417. The standard InChI is InChI=1S/C33H42ClN7O5/c1-2-3-16-30-35-32(34)29(24-45-31(42)17-10-8-6-4-5-7-9-13-22-46-41(43)44)40(30)23-25-18-20-26(21-19-25)27-14-11-12-15-28(27)33-36-38-39-37-33/h11-12,14-15,18-21H,2-10,13,16-17,22-24H2,1H3,(H,36,37,38,39). The van der Waals surface area contributed by atoms with Gasteiger partial charge in [-0.3, -0.25) is 4.79 Å². The van der Waals surface area contributed by atoms with Gasteiger partial charge in [0.1, 0.15) is 12.4 Å². The minimum Gasteiger partial charge on any atom is -0.459 e. The highest BCUT2D eigenvalue weighted by Gasteiger charge is 2.18. The molecule has 46 heavy (non-hydrogen) atoms. The minimum absolute atomic E-state index is 0.0765. The molecule has 4 rings (SSSR count). The average Bonchev–Trinajstić information content (AvgIpc) is 3.70. The molecule has 246 valence electrons. The summed E-state index contributed by atoms with van der Waals surface area (Å²) in [5, 5.41) is 24.3. The number of nitrogens with one attached hydrogen (secondary N) is 1. The van der Waals surface area contributed by atoms with Gasteiger partial charge in [0.05, 0.1) is 12.3 Å². The lowest BCUT2D eigenvalue weighted by molar-refractivity contribution is -0.757. The third kappa shape index (κ3) is 10.6. The van der Waals surface area contributed by atoms with Crippen molar-refractivity contribution in [2.24, 2.45) is 0 Å². The molecule has 12 nitrogen and oxygen atoms in total. The van der Waals surface area contributed by atoms with Gasteiger partial charge < -0.3 is 14.1 Å². The second-order valence-electron chi connectivity index (χ2n) is 11.2. The monoisotopic (exact) mass is 651 g/mol. The van der Waals surface area contributed by atoms with Crippen molar-refractivity contribution in [2.75, 3.05) is 6.61 Å². The molecule has 0 saturated carbocycles. The number of hydrogen-bond donors (Lipinski definition) is 1. The van der Waals surface area contributed by atoms with E-state index in [4.69, 9.17) is 16.3 Å². The lowest BCUT2D eigenvalue weighted by Crippen LogP contribution is -2.12. The summed E-state index contributed by atoms with van der Waals surface area (Å²) in [5.41, 5.74) is 4.72. The normalized spacial score (nSPS) is 11.1. The molecule has 2 aromatic heterocycles. The summed E-state index contributed by atoms with van der Waals surface area (Å²) in [6.45, 7) is 2.93. The molecule has 4 aromatic rings. The molecule has 0 bridgehead atoms. The van der Waals surface area contributed by atoms with Crippen LogP contribution in [-0.2, 0) is 33.9 Å². The molecule has 0 aliphatic heterocycles. The van der Waals surface area contributed by atoms with Crippen LogP contribution in [-0.4, -0.2) is 47.8 Å². The molecule has 1 N–H and O–H groups in total. The van der Waals surface area contributed by atoms with Gasteiger partial charge in [0.25, 0.3) is 5.09 Å². The van der Waals surface area contributed by atoms with Crippen LogP contribution in [0.3, 0.4) is 0 Å². The van der Waals surface area contributed by atoms with Gasteiger partial charge in [-0.25, -0.2) is 4.98 Å². The summed E-state index contributed by atoms with van der Waals surface area (Å²) in [6, 6.07) is 16.3. The Morgan fingerprint density at radius 3 is 2.33 bits per heavy atom. The molecule has 0 spiro atoms. The lowest BCUT2D eigenvalue weighted by atomic mass is 9.98. The number of aromatic amines is 1. The molecule has 0 unspecified atom stereocenters. The molecule has 13 heteroatoms. The van der Waals surface area contributed by atoms with Gasteiger partial charge in [0.2, 0.25) is 5.82 Å². The summed E-state index contributed by atoms with van der Waals surface area (Å²) in [6.07, 6.45) is 10.7. The number of unbranched alkanes of at least 4 members (excludes halogenated alkanes) is 8. The van der Waals surface area contributed by atoms with Crippen LogP contribution in [0.4, 0.5) is 0 Å². The van der Waals surface area contributed by atoms with E-state index in [0.29, 0.717) is 36.1 Å². The van der Waals surface area contributed by atoms with Crippen molar-refractivity contribution < 1.29 is 19.5 Å². The zero-order chi connectivity index (χ0) is 32.6. The predicted molar refractivity (Wildman–Crippen MR) is 174 cm³/mol. The van der Waals surface area contributed by atoms with Crippen molar-refractivity contribution in [2.45, 2.75) is 97.1 Å². The molecular formula is C33H42ClN7O5. The molecule has 0 atom stereocenters. The van der Waals surface area contributed by atoms with E-state index in [-0.39, 0.29) is 19.2 Å². The Labute approximate surface area is 274 Å². The van der Waals surface area contributed by atoms with Gasteiger partial charge in [-0.2, -0.15) is 5.21 Å². The molecule has 0 aliphatic rings. The molecular weight excluding hydrogens is 610 g/mol. The summed E-state index contributed by atoms with van der Waals surface area (Å²) in [5.74, 6) is 1.18. The summed E-state index contributed by atoms with van der Waals surface area (Å²) in [4.78, 5) is 31.7. The largest absolute Gasteiger partial charge is 0.459 e. The van der Waals surface area contributed by atoms with Gasteiger partial charge in [-0.15, -0.1) is 20.3 Å². The zero-order valence-electron chi connectivity index (χ0n) is 26.3. The first-order chi connectivity index (χ1) is 22.5. The SMILES string of the molecule is CCCCc1nc(Cl)c(COC(=O)CCCCCCCCCCO[N+](=O)[O-])n1Cc1ccc(-c2ccccc2-c2nn[nH]n2)cc1. The van der Waals surface area contributed by atoms with Crippen LogP contribution in [0.2, 0.25) is 5.15 Å². The Hall–Kier alpha value is -4.32. The number of hydrogen-bond acceptors (Lipinski definition) is 9. The highest BCUT2D eigenvalue weighted by atomic mass is 35.5. The number of carbonyl (C=O) groups excluding carboxylic acids is 1. The molecule has 2 aromatic carbocycles. The maximum Gasteiger partial charge on any atom is 0.306 e. The summed E-state index contributed by atoms with van der Waals surface area (Å²) < 4.78 is 7.75. The van der Waals surface area contributed by atoms with Crippen molar-refractivity contribution >= 4 is 17.6 Å². The lowest BCUT2D eigenvalue weighted by Gasteiger charge is -2.14. The fourth-order valence-corrected chi connectivity index (χ4v) is 5.58. The van der Waals surface area contributed by atoms with E-state index in [0.717, 1.165) is 92.3 Å². The van der Waals surface area contributed by atoms with Crippen molar-refractivity contribution in [1.29, 1.82) is 0 Å². The van der Waals surface area contributed by atoms with Gasteiger partial charge >= 0.3 is 5.97 Å². The number of nitrogens with zero attached hydrogens (tertiary/aromatic N) is 6. The Balaban J connectivity index is 1.29. The van der Waals surface area contributed by atoms with E-state index in [1.165, 1.54) is 0 Å². The number of imidazole rings is 1. The molecule has 2 heterocycles. The van der Waals surface area contributed by atoms with Crippen molar-refractivity contribution in [1.82, 2.24) is 30.2 Å². The topological polar surface area (TPSA) is 151 Å². The second kappa shape index (κ2) is 18.6. The highest BCUT2D eigenvalue weighted by molar-refractivity contribution is 6.30. The van der Waals surface area contributed by atoms with Crippen molar-refractivity contribution in [3.8, 4) is 22.5 Å². The number of tetrazole rings is 1. The van der Waals surface area contributed by atoms with Crippen molar-refractivity contribution in [3.05, 3.63) is 80.9 Å². The zero-order valence-corrected chi connectivity index (χ0v) is 27.1. The number of H-pyrrole nitrogens is 1. The summed E-state index contributed by atoms with van der Waals surface area (Å²) >= 11 is 6.60. The first-order valence-corrected chi connectivity index (χ1v) is 16.4. The van der Waals surface area contributed by atoms with Gasteiger partial charge in [-0.1, -0.05) is 112 Å². The van der Waals surface area contributed by atoms with Crippen LogP contribution in [0.25, 0.3) is 22.5 Å². The molecule has 0 amide bonds. The Morgan fingerprint density at radius 1 is 0.957 bits per heavy atom. The molecule has 0 radical (unpaired) electrons. The highest BCUT2D eigenvalue weighted by Crippen LogP contribution is 2.30.